The van der Waals surface area contributed by atoms with Crippen molar-refractivity contribution in [1.29, 1.82) is 0 Å². The summed E-state index contributed by atoms with van der Waals surface area (Å²) in [5, 5.41) is 5.19. The van der Waals surface area contributed by atoms with Crippen LogP contribution in [0.1, 0.15) is 27.7 Å². The van der Waals surface area contributed by atoms with Crippen LogP contribution in [-0.2, 0) is 0 Å². The minimum absolute atomic E-state index is 0.358. The third-order valence-electron chi connectivity index (χ3n) is 5.98. The quantitative estimate of drug-likeness (QED) is 0.144. The molecule has 0 spiro atoms. The first-order valence-corrected chi connectivity index (χ1v) is 13.6. The second-order valence-electron chi connectivity index (χ2n) is 9.44. The zero-order chi connectivity index (χ0) is 26.5. The van der Waals surface area contributed by atoms with Crippen LogP contribution in [0.15, 0.2) is 72.8 Å². The Bertz CT molecular complexity index is 1480. The molecule has 4 aromatic carbocycles. The van der Waals surface area contributed by atoms with Crippen LogP contribution in [0.25, 0.3) is 32.7 Å². The summed E-state index contributed by atoms with van der Waals surface area (Å²) in [5.41, 5.74) is 5.23. The van der Waals surface area contributed by atoms with E-state index in [9.17, 15) is 25.2 Å². The summed E-state index contributed by atoms with van der Waals surface area (Å²) >= 11 is 0. The molecule has 0 bridgehead atoms. The number of fused-ring (bicyclic) bond motifs is 7. The van der Waals surface area contributed by atoms with Crippen LogP contribution in [0.5, 0.6) is 0 Å². The number of benzene rings is 4. The van der Waals surface area contributed by atoms with Crippen molar-refractivity contribution in [2.75, 3.05) is 4.90 Å². The Kier molecular flexibility index (Phi) is 5.91. The van der Waals surface area contributed by atoms with Crippen LogP contribution in [0.3, 0.4) is 0 Å². The third-order valence-corrected chi connectivity index (χ3v) is 5.98. The number of hydrogen-bond acceptors (Lipinski definition) is 1. The van der Waals surface area contributed by atoms with E-state index in [2.05, 4.69) is 116 Å². The third kappa shape index (κ3) is 5.81. The van der Waals surface area contributed by atoms with Crippen LogP contribution in [0, 0.1) is 0 Å². The van der Waals surface area contributed by atoms with Gasteiger partial charge >= 0.3 is 33.0 Å². The maximum absolute atomic E-state index is 10.7. The molecule has 5 rings (SSSR count). The monoisotopic (exact) mass is 524 g/mol. The van der Waals surface area contributed by atoms with E-state index < -0.39 is 7.81 Å². The molecule has 0 N–H and O–H groups in total. The van der Waals surface area contributed by atoms with Crippen LogP contribution in [0.2, 0.25) is 0 Å². The van der Waals surface area contributed by atoms with Gasteiger partial charge in [-0.25, -0.2) is 9.48 Å². The number of anilines is 1. The Morgan fingerprint density at radius 3 is 1.61 bits per heavy atom. The first-order chi connectivity index (χ1) is 16.5. The summed E-state index contributed by atoms with van der Waals surface area (Å²) in [6.45, 7) is 9.06. The van der Waals surface area contributed by atoms with E-state index >= 15 is 0 Å². The van der Waals surface area contributed by atoms with Crippen LogP contribution < -0.4 is 4.90 Å². The Morgan fingerprint density at radius 1 is 0.639 bits per heavy atom. The molecule has 0 unspecified atom stereocenters. The molecule has 0 saturated carbocycles. The molecular formula is C27H27F6N2P. The van der Waals surface area contributed by atoms with Crippen molar-refractivity contribution < 1.29 is 29.8 Å². The van der Waals surface area contributed by atoms with Gasteiger partial charge in [0, 0.05) is 11.1 Å². The van der Waals surface area contributed by atoms with Gasteiger partial charge in [0.25, 0.3) is 0 Å². The maximum atomic E-state index is 9.87. The zero-order valence-electron chi connectivity index (χ0n) is 20.3. The van der Waals surface area contributed by atoms with E-state index in [1.165, 1.54) is 44.0 Å². The van der Waals surface area contributed by atoms with Gasteiger partial charge in [0.15, 0.2) is 0 Å². The molecule has 4 aromatic rings. The molecule has 2 nitrogen and oxygen atoms in total. The zero-order valence-corrected chi connectivity index (χ0v) is 21.2. The van der Waals surface area contributed by atoms with Crippen molar-refractivity contribution in [3.05, 3.63) is 72.8 Å². The molecule has 0 aliphatic carbocycles. The molecule has 0 radical (unpaired) electrons. The molecule has 1 aliphatic heterocycles. The summed E-state index contributed by atoms with van der Waals surface area (Å²) in [4.78, 5) is 2.43. The number of rotatable bonds is 2. The van der Waals surface area contributed by atoms with Crippen molar-refractivity contribution in [3.63, 3.8) is 0 Å². The Hall–Kier alpha value is -3.12. The van der Waals surface area contributed by atoms with Crippen molar-refractivity contribution in [2.45, 2.75) is 39.8 Å². The fourth-order valence-corrected chi connectivity index (χ4v) is 4.56. The van der Waals surface area contributed by atoms with Crippen LogP contribution in [-0.4, -0.2) is 23.0 Å². The molecular weight excluding hydrogens is 497 g/mol. The number of nitrogens with zero attached hydrogens (tertiary/aromatic N) is 2. The standard InChI is InChI=1S/C27H27N2.F6P/c1-18(2)28-17-29(19(3)4)25-16-14-21-10-6-8-12-23(21)27(25)26-22-11-7-5-9-20(22)13-15-24(26)28;1-7(2,3,4,5)6/h5-19H,1-4H3;/q+1;-1. The van der Waals surface area contributed by atoms with Crippen LogP contribution in [0.4, 0.5) is 36.6 Å². The van der Waals surface area contributed by atoms with E-state index in [1.54, 1.807) is 0 Å². The summed E-state index contributed by atoms with van der Waals surface area (Å²) in [7, 11) is -10.7. The molecule has 0 atom stereocenters. The first kappa shape index (κ1) is 26.0. The Morgan fingerprint density at radius 2 is 1.11 bits per heavy atom. The van der Waals surface area contributed by atoms with Gasteiger partial charge in [0.2, 0.25) is 6.34 Å². The van der Waals surface area contributed by atoms with Gasteiger partial charge in [0.05, 0.1) is 12.1 Å². The van der Waals surface area contributed by atoms with Crippen molar-refractivity contribution in [3.8, 4) is 11.1 Å². The summed E-state index contributed by atoms with van der Waals surface area (Å²) in [6, 6.07) is 27.4. The van der Waals surface area contributed by atoms with Crippen molar-refractivity contribution in [2.24, 2.45) is 0 Å². The molecule has 1 aliphatic rings. The molecule has 9 heteroatoms. The van der Waals surface area contributed by atoms with Crippen LogP contribution >= 0.6 is 7.81 Å². The summed E-state index contributed by atoms with van der Waals surface area (Å²) in [5.74, 6) is 0. The molecule has 1 heterocycles. The van der Waals surface area contributed by atoms with Gasteiger partial charge < -0.3 is 0 Å². The first-order valence-electron chi connectivity index (χ1n) is 11.5. The summed E-state index contributed by atoms with van der Waals surface area (Å²) < 4.78 is 61.6. The fourth-order valence-electron chi connectivity index (χ4n) is 4.56. The van der Waals surface area contributed by atoms with Crippen molar-refractivity contribution >= 4 is 47.1 Å². The topological polar surface area (TPSA) is 6.25 Å². The fraction of sp³-hybridized carbons (Fsp3) is 0.222. The van der Waals surface area contributed by atoms with Crippen molar-refractivity contribution in [1.82, 2.24) is 0 Å². The molecule has 0 aromatic heterocycles. The van der Waals surface area contributed by atoms with E-state index in [0.29, 0.717) is 12.1 Å². The summed E-state index contributed by atoms with van der Waals surface area (Å²) in [6.07, 6.45) is 2.31. The molecule has 0 saturated heterocycles. The van der Waals surface area contributed by atoms with E-state index in [1.807, 2.05) is 0 Å². The van der Waals surface area contributed by atoms with Gasteiger partial charge in [-0.1, -0.05) is 60.7 Å². The predicted molar refractivity (Wildman–Crippen MR) is 139 cm³/mol. The number of halogens is 6. The predicted octanol–water partition coefficient (Wildman–Crippen LogP) is 10.4. The number of hydrogen-bond donors (Lipinski definition) is 0. The average Bonchev–Trinajstić information content (AvgIpc) is 2.92. The van der Waals surface area contributed by atoms with E-state index in [-0.39, 0.29) is 0 Å². The van der Waals surface area contributed by atoms with E-state index in [4.69, 9.17) is 0 Å². The minimum atomic E-state index is -10.7. The van der Waals surface area contributed by atoms with Gasteiger partial charge in [-0.2, -0.15) is 0 Å². The Labute approximate surface area is 205 Å². The second kappa shape index (κ2) is 8.20. The van der Waals surface area contributed by atoms with Gasteiger partial charge in [-0.05, 0) is 61.4 Å². The second-order valence-corrected chi connectivity index (χ2v) is 11.4. The molecule has 0 amide bonds. The van der Waals surface area contributed by atoms with E-state index in [0.717, 1.165) is 0 Å². The SMILES string of the molecule is CC(C)N1C=[N+](C(C)C)c2ccc3ccccc3c2-c2c1ccc1ccccc21.F[P-](F)(F)(F)(F)F. The van der Waals surface area contributed by atoms with Gasteiger partial charge in [-0.15, -0.1) is 0 Å². The van der Waals surface area contributed by atoms with Gasteiger partial charge in [0.1, 0.15) is 11.4 Å². The Balaban J connectivity index is 0.000000384. The molecule has 192 valence electrons. The normalized spacial score (nSPS) is 15.4. The molecule has 0 fully saturated rings. The average molecular weight is 524 g/mol. The van der Waals surface area contributed by atoms with Gasteiger partial charge in [-0.3, -0.25) is 0 Å². The molecule has 36 heavy (non-hydrogen) atoms.